The minimum atomic E-state index is -0.615. The van der Waals surface area contributed by atoms with E-state index in [0.29, 0.717) is 5.69 Å². The highest BCUT2D eigenvalue weighted by Gasteiger charge is 2.23. The van der Waals surface area contributed by atoms with Crippen molar-refractivity contribution in [3.8, 4) is 22.9 Å². The minimum Gasteiger partial charge on any atom is -0.506 e. The van der Waals surface area contributed by atoms with E-state index in [-0.39, 0.29) is 38.2 Å². The topological polar surface area (TPSA) is 120 Å². The molecular weight excluding hydrogens is 354 g/mol. The minimum absolute atomic E-state index is 0.0509. The van der Waals surface area contributed by atoms with Crippen molar-refractivity contribution in [1.82, 2.24) is 4.98 Å². The highest BCUT2D eigenvalue weighted by Crippen LogP contribution is 2.42. The summed E-state index contributed by atoms with van der Waals surface area (Å²) in [6.45, 7) is 3.10. The van der Waals surface area contributed by atoms with Crippen molar-refractivity contribution in [3.05, 3.63) is 53.9 Å². The van der Waals surface area contributed by atoms with E-state index >= 15 is 0 Å². The zero-order valence-electron chi connectivity index (χ0n) is 11.6. The number of pyridine rings is 1. The Labute approximate surface area is 133 Å². The molecule has 0 bridgehead atoms. The van der Waals surface area contributed by atoms with E-state index in [9.17, 15) is 20.0 Å². The molecule has 0 aliphatic heterocycles. The Balaban J connectivity index is 2.94. The molecule has 1 heterocycles. The Morgan fingerprint density at radius 3 is 2.55 bits per heavy atom. The van der Waals surface area contributed by atoms with Gasteiger partial charge in [-0.2, -0.15) is 5.26 Å². The zero-order chi connectivity index (χ0) is 16.6. The van der Waals surface area contributed by atoms with Gasteiger partial charge >= 0.3 is 0 Å². The van der Waals surface area contributed by atoms with Crippen molar-refractivity contribution < 1.29 is 10.0 Å². The van der Waals surface area contributed by atoms with Crippen LogP contribution in [0.2, 0.25) is 0 Å². The maximum absolute atomic E-state index is 11.8. The number of aromatic nitrogens is 1. The van der Waals surface area contributed by atoms with Gasteiger partial charge in [-0.15, -0.1) is 0 Å². The highest BCUT2D eigenvalue weighted by molar-refractivity contribution is 9.10. The lowest BCUT2D eigenvalue weighted by Crippen LogP contribution is -2.13. The number of halogens is 1. The van der Waals surface area contributed by atoms with Crippen LogP contribution in [0.15, 0.2) is 21.4 Å². The molecule has 1 aromatic heterocycles. The molecule has 1 aromatic carbocycles. The van der Waals surface area contributed by atoms with E-state index in [1.165, 1.54) is 13.0 Å². The number of nitriles is 1. The SMILES string of the molecule is Cc1cc(-c2cc([N+](=O)[O-])c(C)c(Br)c2O)c(C#N)c(=O)[nH]1. The van der Waals surface area contributed by atoms with Crippen LogP contribution >= 0.6 is 15.9 Å². The summed E-state index contributed by atoms with van der Waals surface area (Å²) in [5, 5.41) is 30.5. The van der Waals surface area contributed by atoms with Gasteiger partial charge in [0.15, 0.2) is 0 Å². The van der Waals surface area contributed by atoms with E-state index in [4.69, 9.17) is 5.26 Å². The second-order valence-electron chi connectivity index (χ2n) is 4.67. The van der Waals surface area contributed by atoms with E-state index in [0.717, 1.165) is 6.07 Å². The fourth-order valence-electron chi connectivity index (χ4n) is 2.13. The number of benzene rings is 1. The maximum atomic E-state index is 11.8. The largest absolute Gasteiger partial charge is 0.506 e. The Morgan fingerprint density at radius 2 is 2.00 bits per heavy atom. The van der Waals surface area contributed by atoms with Gasteiger partial charge in [0.2, 0.25) is 0 Å². The van der Waals surface area contributed by atoms with Gasteiger partial charge in [0.25, 0.3) is 11.2 Å². The van der Waals surface area contributed by atoms with Crippen molar-refractivity contribution in [2.24, 2.45) is 0 Å². The Morgan fingerprint density at radius 1 is 1.36 bits per heavy atom. The summed E-state index contributed by atoms with van der Waals surface area (Å²) in [7, 11) is 0. The van der Waals surface area contributed by atoms with Crippen molar-refractivity contribution in [1.29, 1.82) is 5.26 Å². The molecule has 0 amide bonds. The molecule has 0 fully saturated rings. The molecule has 2 aromatic rings. The lowest BCUT2D eigenvalue weighted by molar-refractivity contribution is -0.385. The van der Waals surface area contributed by atoms with Crippen LogP contribution in [-0.4, -0.2) is 15.0 Å². The number of nitrogens with one attached hydrogen (secondary N) is 1. The first-order valence-corrected chi connectivity index (χ1v) is 6.88. The molecule has 112 valence electrons. The standard InChI is InChI=1S/C14H10BrN3O4/c1-6-3-8(10(5-16)14(20)17-6)9-4-11(18(21)22)7(2)12(15)13(9)19/h3-4,19H,1-2H3,(H,17,20). The number of nitro groups is 1. The van der Waals surface area contributed by atoms with Gasteiger partial charge < -0.3 is 10.1 Å². The smallest absolute Gasteiger partial charge is 0.274 e. The third kappa shape index (κ3) is 2.46. The first-order valence-electron chi connectivity index (χ1n) is 6.08. The van der Waals surface area contributed by atoms with Crippen LogP contribution in [0.25, 0.3) is 11.1 Å². The average Bonchev–Trinajstić information content (AvgIpc) is 2.44. The number of phenols is 1. The number of rotatable bonds is 2. The Bertz CT molecular complexity index is 896. The maximum Gasteiger partial charge on any atom is 0.274 e. The fourth-order valence-corrected chi connectivity index (χ4v) is 2.55. The van der Waals surface area contributed by atoms with Crippen molar-refractivity contribution >= 4 is 21.6 Å². The summed E-state index contributed by atoms with van der Waals surface area (Å²) in [4.78, 5) is 24.9. The predicted molar refractivity (Wildman–Crippen MR) is 82.7 cm³/mol. The predicted octanol–water partition coefficient (Wildman–Crippen LogP) is 2.91. The first-order chi connectivity index (χ1) is 10.3. The highest BCUT2D eigenvalue weighted by atomic mass is 79.9. The summed E-state index contributed by atoms with van der Waals surface area (Å²) in [5.74, 6) is -0.260. The molecule has 0 atom stereocenters. The third-order valence-corrected chi connectivity index (χ3v) is 4.19. The lowest BCUT2D eigenvalue weighted by Gasteiger charge is -2.11. The van der Waals surface area contributed by atoms with Gasteiger partial charge in [0.1, 0.15) is 17.4 Å². The molecule has 0 unspecified atom stereocenters. The number of hydrogen-bond donors (Lipinski definition) is 2. The third-order valence-electron chi connectivity index (χ3n) is 3.22. The van der Waals surface area contributed by atoms with Crippen LogP contribution in [0, 0.1) is 35.3 Å². The molecule has 0 saturated heterocycles. The number of aryl methyl sites for hydroxylation is 1. The van der Waals surface area contributed by atoms with Gasteiger partial charge in [0.05, 0.1) is 9.40 Å². The quantitative estimate of drug-likeness (QED) is 0.627. The van der Waals surface area contributed by atoms with Crippen LogP contribution < -0.4 is 5.56 Å². The summed E-state index contributed by atoms with van der Waals surface area (Å²) in [5.41, 5.74) is -0.132. The summed E-state index contributed by atoms with van der Waals surface area (Å²) < 4.78 is 0.151. The molecule has 2 rings (SSSR count). The van der Waals surface area contributed by atoms with E-state index < -0.39 is 10.5 Å². The number of phenolic OH excluding ortho intramolecular Hbond substituents is 1. The molecular formula is C14H10BrN3O4. The fraction of sp³-hybridized carbons (Fsp3) is 0.143. The average molecular weight is 364 g/mol. The lowest BCUT2D eigenvalue weighted by atomic mass is 9.98. The van der Waals surface area contributed by atoms with Gasteiger partial charge in [-0.1, -0.05) is 0 Å². The van der Waals surface area contributed by atoms with Crippen LogP contribution in [-0.2, 0) is 0 Å². The van der Waals surface area contributed by atoms with E-state index in [2.05, 4.69) is 20.9 Å². The van der Waals surface area contributed by atoms with Gasteiger partial charge in [-0.3, -0.25) is 14.9 Å². The van der Waals surface area contributed by atoms with Crippen molar-refractivity contribution in [2.75, 3.05) is 0 Å². The molecule has 7 nitrogen and oxygen atoms in total. The molecule has 0 saturated carbocycles. The first kappa shape index (κ1) is 15.7. The Kier molecular flexibility index (Phi) is 4.01. The van der Waals surface area contributed by atoms with E-state index in [1.54, 1.807) is 13.0 Å². The number of H-pyrrole nitrogens is 1. The number of hydrogen-bond acceptors (Lipinski definition) is 5. The van der Waals surface area contributed by atoms with Crippen molar-refractivity contribution in [2.45, 2.75) is 13.8 Å². The summed E-state index contributed by atoms with van der Waals surface area (Å²) in [6, 6.07) is 4.40. The van der Waals surface area contributed by atoms with Gasteiger partial charge in [-0.25, -0.2) is 0 Å². The second kappa shape index (κ2) is 5.61. The number of nitrogens with zero attached hydrogens (tertiary/aromatic N) is 2. The molecule has 22 heavy (non-hydrogen) atoms. The van der Waals surface area contributed by atoms with Crippen molar-refractivity contribution in [3.63, 3.8) is 0 Å². The molecule has 0 aliphatic rings. The molecule has 0 aliphatic carbocycles. The number of nitro benzene ring substituents is 1. The van der Waals surface area contributed by atoms with Crippen LogP contribution in [0.1, 0.15) is 16.8 Å². The van der Waals surface area contributed by atoms with Gasteiger partial charge in [0, 0.05) is 28.5 Å². The molecule has 2 N–H and O–H groups in total. The summed E-state index contributed by atoms with van der Waals surface area (Å²) in [6.07, 6.45) is 0. The number of aromatic amines is 1. The van der Waals surface area contributed by atoms with Crippen LogP contribution in [0.5, 0.6) is 5.75 Å². The van der Waals surface area contributed by atoms with Crippen LogP contribution in [0.3, 0.4) is 0 Å². The van der Waals surface area contributed by atoms with E-state index in [1.807, 2.05) is 0 Å². The monoisotopic (exact) mass is 363 g/mol. The Hall–Kier alpha value is -2.66. The molecule has 8 heteroatoms. The van der Waals surface area contributed by atoms with Gasteiger partial charge in [-0.05, 0) is 35.8 Å². The van der Waals surface area contributed by atoms with Crippen LogP contribution in [0.4, 0.5) is 5.69 Å². The second-order valence-corrected chi connectivity index (χ2v) is 5.46. The molecule has 0 spiro atoms. The molecule has 0 radical (unpaired) electrons. The summed E-state index contributed by atoms with van der Waals surface area (Å²) >= 11 is 3.11. The zero-order valence-corrected chi connectivity index (χ0v) is 13.2. The number of aromatic hydroxyl groups is 1. The normalized spacial score (nSPS) is 10.3.